The number of hydrogen-bond acceptors (Lipinski definition) is 5. The molecule has 1 aromatic heterocycles. The fraction of sp³-hybridized carbons (Fsp3) is 0.500. The highest BCUT2D eigenvalue weighted by Crippen LogP contribution is 2.20. The van der Waals surface area contributed by atoms with Crippen molar-refractivity contribution in [3.8, 4) is 0 Å². The average Bonchev–Trinajstić information content (AvgIpc) is 2.30. The summed E-state index contributed by atoms with van der Waals surface area (Å²) in [7, 11) is 0. The molecule has 0 unspecified atom stereocenters. The van der Waals surface area contributed by atoms with Gasteiger partial charge in [-0.05, 0) is 12.8 Å². The number of hydrogen-bond donors (Lipinski definition) is 2. The van der Waals surface area contributed by atoms with Crippen LogP contribution >= 0.6 is 11.6 Å². The molecule has 2 rings (SSSR count). The lowest BCUT2D eigenvalue weighted by molar-refractivity contribution is -0.124. The lowest BCUT2D eigenvalue weighted by Gasteiger charge is -2.31. The Morgan fingerprint density at radius 3 is 2.82 bits per heavy atom. The predicted octanol–water partition coefficient (Wildman–Crippen LogP) is 0.576. The van der Waals surface area contributed by atoms with Crippen LogP contribution in [0.2, 0.25) is 5.15 Å². The number of nitrogens with two attached hydrogens (primary N) is 1. The smallest absolute Gasteiger partial charge is 0.245 e. The number of nitrogens with zero attached hydrogens (tertiary/aromatic N) is 2. The molecule has 0 aromatic carbocycles. The van der Waals surface area contributed by atoms with E-state index in [1.165, 1.54) is 12.4 Å². The van der Waals surface area contributed by atoms with Crippen LogP contribution in [0.15, 0.2) is 12.4 Å². The van der Waals surface area contributed by atoms with Crippen molar-refractivity contribution in [2.75, 3.05) is 18.5 Å². The summed E-state index contributed by atoms with van der Waals surface area (Å²) in [4.78, 5) is 19.6. The summed E-state index contributed by atoms with van der Waals surface area (Å²) in [5, 5.41) is 2.91. The third kappa shape index (κ3) is 2.91. The molecule has 17 heavy (non-hydrogen) atoms. The molecule has 0 bridgehead atoms. The van der Waals surface area contributed by atoms with E-state index < -0.39 is 5.54 Å². The first-order valence-corrected chi connectivity index (χ1v) is 5.64. The molecule has 0 spiro atoms. The Balaban J connectivity index is 2.05. The van der Waals surface area contributed by atoms with Crippen molar-refractivity contribution in [1.82, 2.24) is 9.97 Å². The van der Waals surface area contributed by atoms with Crippen LogP contribution in [0.3, 0.4) is 0 Å². The number of rotatable bonds is 2. The van der Waals surface area contributed by atoms with Crippen molar-refractivity contribution in [1.29, 1.82) is 0 Å². The van der Waals surface area contributed by atoms with E-state index in [0.29, 0.717) is 31.9 Å². The molecule has 92 valence electrons. The van der Waals surface area contributed by atoms with Crippen LogP contribution in [0.25, 0.3) is 0 Å². The van der Waals surface area contributed by atoms with Gasteiger partial charge in [-0.1, -0.05) is 11.6 Å². The second-order valence-corrected chi connectivity index (χ2v) is 4.34. The Morgan fingerprint density at radius 1 is 1.47 bits per heavy atom. The van der Waals surface area contributed by atoms with Gasteiger partial charge in [0, 0.05) is 19.3 Å². The number of nitrogens with one attached hydrogen (secondary N) is 1. The topological polar surface area (TPSA) is 90.1 Å². The SMILES string of the molecule is NC1(C(=O)Nc2cc(Cl)ncn2)CCOCC1. The Labute approximate surface area is 104 Å². The Bertz CT molecular complexity index is 421. The monoisotopic (exact) mass is 256 g/mol. The zero-order valence-corrected chi connectivity index (χ0v) is 9.91. The van der Waals surface area contributed by atoms with Gasteiger partial charge >= 0.3 is 0 Å². The standard InChI is InChI=1S/C10H13ClN4O2/c11-7-5-8(14-6-13-7)15-9(16)10(12)1-3-17-4-2-10/h5-6H,1-4,12H2,(H,13,14,15,16). The summed E-state index contributed by atoms with van der Waals surface area (Å²) in [6, 6.07) is 1.47. The Hall–Kier alpha value is -1.24. The Morgan fingerprint density at radius 2 is 2.18 bits per heavy atom. The molecular formula is C10H13ClN4O2. The number of amides is 1. The minimum atomic E-state index is -0.893. The van der Waals surface area contributed by atoms with E-state index in [1.807, 2.05) is 0 Å². The van der Waals surface area contributed by atoms with Crippen molar-refractivity contribution >= 4 is 23.3 Å². The number of carbonyl (C=O) groups is 1. The maximum atomic E-state index is 12.0. The van der Waals surface area contributed by atoms with Gasteiger partial charge in [-0.25, -0.2) is 9.97 Å². The van der Waals surface area contributed by atoms with Crippen LogP contribution in [0, 0.1) is 0 Å². The average molecular weight is 257 g/mol. The van der Waals surface area contributed by atoms with Crippen LogP contribution < -0.4 is 11.1 Å². The largest absolute Gasteiger partial charge is 0.381 e. The number of ether oxygens (including phenoxy) is 1. The number of carbonyl (C=O) groups excluding carboxylic acids is 1. The van der Waals surface area contributed by atoms with Crippen LogP contribution in [-0.2, 0) is 9.53 Å². The fourth-order valence-electron chi connectivity index (χ4n) is 1.61. The van der Waals surface area contributed by atoms with Gasteiger partial charge in [-0.3, -0.25) is 4.79 Å². The maximum absolute atomic E-state index is 12.0. The number of aromatic nitrogens is 2. The van der Waals surface area contributed by atoms with Crippen LogP contribution in [0.5, 0.6) is 0 Å². The third-order valence-electron chi connectivity index (χ3n) is 2.71. The molecule has 0 atom stereocenters. The highest BCUT2D eigenvalue weighted by Gasteiger charge is 2.36. The summed E-state index contributed by atoms with van der Waals surface area (Å²) in [6.45, 7) is 0.989. The van der Waals surface area contributed by atoms with Crippen molar-refractivity contribution in [3.63, 3.8) is 0 Å². The molecule has 6 nitrogen and oxygen atoms in total. The normalized spacial score (nSPS) is 18.7. The van der Waals surface area contributed by atoms with Gasteiger partial charge in [-0.15, -0.1) is 0 Å². The second-order valence-electron chi connectivity index (χ2n) is 3.95. The van der Waals surface area contributed by atoms with Gasteiger partial charge in [0.05, 0.1) is 0 Å². The first-order valence-electron chi connectivity index (χ1n) is 5.26. The van der Waals surface area contributed by atoms with E-state index in [9.17, 15) is 4.79 Å². The van der Waals surface area contributed by atoms with Gasteiger partial charge in [0.25, 0.3) is 0 Å². The van der Waals surface area contributed by atoms with Crippen LogP contribution in [0.4, 0.5) is 5.82 Å². The molecule has 1 saturated heterocycles. The van der Waals surface area contributed by atoms with Gasteiger partial charge in [0.15, 0.2) is 0 Å². The van der Waals surface area contributed by atoms with E-state index in [4.69, 9.17) is 22.1 Å². The summed E-state index contributed by atoms with van der Waals surface area (Å²) < 4.78 is 5.18. The van der Waals surface area contributed by atoms with Gasteiger partial charge < -0.3 is 15.8 Å². The van der Waals surface area contributed by atoms with Crippen molar-refractivity contribution in [3.05, 3.63) is 17.5 Å². The first-order chi connectivity index (χ1) is 8.10. The summed E-state index contributed by atoms with van der Waals surface area (Å²) in [5.74, 6) is 0.0851. The molecule has 1 fully saturated rings. The highest BCUT2D eigenvalue weighted by molar-refractivity contribution is 6.29. The molecule has 0 radical (unpaired) electrons. The van der Waals surface area contributed by atoms with E-state index in [1.54, 1.807) is 0 Å². The second kappa shape index (κ2) is 4.95. The van der Waals surface area contributed by atoms with Crippen molar-refractivity contribution < 1.29 is 9.53 Å². The summed E-state index contributed by atoms with van der Waals surface area (Å²) >= 11 is 5.70. The molecule has 7 heteroatoms. The van der Waals surface area contributed by atoms with Gasteiger partial charge in [0.2, 0.25) is 5.91 Å². The molecule has 1 aromatic rings. The number of anilines is 1. The molecule has 3 N–H and O–H groups in total. The quantitative estimate of drug-likeness (QED) is 0.756. The Kier molecular flexibility index (Phi) is 3.56. The first kappa shape index (κ1) is 12.2. The predicted molar refractivity (Wildman–Crippen MR) is 62.6 cm³/mol. The van der Waals surface area contributed by atoms with E-state index in [0.717, 1.165) is 0 Å². The van der Waals surface area contributed by atoms with Crippen molar-refractivity contribution in [2.45, 2.75) is 18.4 Å². The molecule has 1 aliphatic rings. The zero-order chi connectivity index (χ0) is 12.3. The zero-order valence-electron chi connectivity index (χ0n) is 9.15. The third-order valence-corrected chi connectivity index (χ3v) is 2.92. The van der Waals surface area contributed by atoms with Gasteiger partial charge in [-0.2, -0.15) is 0 Å². The summed E-state index contributed by atoms with van der Waals surface area (Å²) in [5.41, 5.74) is 5.13. The van der Waals surface area contributed by atoms with Crippen LogP contribution in [0.1, 0.15) is 12.8 Å². The lowest BCUT2D eigenvalue weighted by Crippen LogP contribution is -2.54. The lowest BCUT2D eigenvalue weighted by atomic mass is 9.90. The molecule has 0 saturated carbocycles. The highest BCUT2D eigenvalue weighted by atomic mass is 35.5. The molecule has 1 amide bonds. The van der Waals surface area contributed by atoms with Crippen molar-refractivity contribution in [2.24, 2.45) is 5.73 Å². The maximum Gasteiger partial charge on any atom is 0.245 e. The van der Waals surface area contributed by atoms with E-state index in [2.05, 4.69) is 15.3 Å². The summed E-state index contributed by atoms with van der Waals surface area (Å²) in [6.07, 6.45) is 2.28. The minimum Gasteiger partial charge on any atom is -0.381 e. The number of halogens is 1. The minimum absolute atomic E-state index is 0.268. The molecule has 1 aliphatic heterocycles. The fourth-order valence-corrected chi connectivity index (χ4v) is 1.75. The van der Waals surface area contributed by atoms with E-state index >= 15 is 0 Å². The molecular weight excluding hydrogens is 244 g/mol. The van der Waals surface area contributed by atoms with Crippen LogP contribution in [-0.4, -0.2) is 34.6 Å². The molecule has 0 aliphatic carbocycles. The van der Waals surface area contributed by atoms with Gasteiger partial charge in [0.1, 0.15) is 22.8 Å². The van der Waals surface area contributed by atoms with E-state index in [-0.39, 0.29) is 11.1 Å². The molecule has 2 heterocycles.